The standard InChI is InChI=1S/C21H20N2O/c1-13-8-9-18-15(10-13)16-11-22(2)12-17-19(14-6-4-3-5-7-14)21(24)23(18)20(16)17/h3-10,17,19H,11-12H2,1-2H3. The zero-order valence-electron chi connectivity index (χ0n) is 14.0. The van der Waals surface area contributed by atoms with Gasteiger partial charge in [0.2, 0.25) is 5.91 Å². The van der Waals surface area contributed by atoms with Crippen LogP contribution in [0.25, 0.3) is 10.9 Å². The van der Waals surface area contributed by atoms with Crippen LogP contribution in [-0.4, -0.2) is 29.0 Å². The van der Waals surface area contributed by atoms with Gasteiger partial charge in [0, 0.05) is 30.1 Å². The SMILES string of the molecule is Cc1ccc2c(c1)c1c3n2C(=O)C(c2ccccc2)C3CN(C)C1. The molecular weight excluding hydrogens is 296 g/mol. The van der Waals surface area contributed by atoms with Crippen LogP contribution in [0.2, 0.25) is 0 Å². The fraction of sp³-hybridized carbons (Fsp3) is 0.286. The molecule has 3 aromatic rings. The molecule has 3 heterocycles. The second-order valence-corrected chi connectivity index (χ2v) is 7.25. The molecule has 0 N–H and O–H groups in total. The number of benzene rings is 2. The topological polar surface area (TPSA) is 25.2 Å². The molecule has 2 aromatic carbocycles. The number of likely N-dealkylation sites (N-methyl/N-ethyl adjacent to an activating group) is 1. The summed E-state index contributed by atoms with van der Waals surface area (Å²) < 4.78 is 2.01. The third-order valence-corrected chi connectivity index (χ3v) is 5.60. The highest BCUT2D eigenvalue weighted by Crippen LogP contribution is 2.48. The molecule has 3 heteroatoms. The summed E-state index contributed by atoms with van der Waals surface area (Å²) in [5.74, 6) is 0.423. The van der Waals surface area contributed by atoms with E-state index in [-0.39, 0.29) is 17.7 Å². The van der Waals surface area contributed by atoms with Gasteiger partial charge >= 0.3 is 0 Å². The molecule has 2 unspecified atom stereocenters. The van der Waals surface area contributed by atoms with Crippen molar-refractivity contribution >= 4 is 16.8 Å². The Balaban J connectivity index is 1.80. The quantitative estimate of drug-likeness (QED) is 0.680. The summed E-state index contributed by atoms with van der Waals surface area (Å²) in [7, 11) is 2.16. The van der Waals surface area contributed by atoms with Crippen LogP contribution in [0.1, 0.15) is 39.0 Å². The minimum absolute atomic E-state index is 0.0617. The van der Waals surface area contributed by atoms with Crippen LogP contribution in [0.15, 0.2) is 48.5 Å². The Morgan fingerprint density at radius 2 is 1.88 bits per heavy atom. The minimum atomic E-state index is -0.0617. The lowest BCUT2D eigenvalue weighted by Gasteiger charge is -2.30. The van der Waals surface area contributed by atoms with E-state index in [1.807, 2.05) is 22.8 Å². The molecule has 3 nitrogen and oxygen atoms in total. The fourth-order valence-electron chi connectivity index (χ4n) is 4.65. The summed E-state index contributed by atoms with van der Waals surface area (Å²) in [5, 5.41) is 1.25. The van der Waals surface area contributed by atoms with Gasteiger partial charge in [-0.3, -0.25) is 9.36 Å². The van der Waals surface area contributed by atoms with E-state index >= 15 is 0 Å². The molecule has 5 rings (SSSR count). The predicted octanol–water partition coefficient (Wildman–Crippen LogP) is 3.92. The van der Waals surface area contributed by atoms with Crippen molar-refractivity contribution in [3.05, 3.63) is 70.9 Å². The number of aromatic nitrogens is 1. The largest absolute Gasteiger partial charge is 0.301 e. The van der Waals surface area contributed by atoms with Gasteiger partial charge in [0.05, 0.1) is 11.4 Å². The van der Waals surface area contributed by atoms with Crippen LogP contribution >= 0.6 is 0 Å². The monoisotopic (exact) mass is 316 g/mol. The van der Waals surface area contributed by atoms with Gasteiger partial charge in [0.25, 0.3) is 0 Å². The second-order valence-electron chi connectivity index (χ2n) is 7.25. The van der Waals surface area contributed by atoms with Crippen LogP contribution in [0, 0.1) is 6.92 Å². The first-order valence-corrected chi connectivity index (χ1v) is 8.56. The van der Waals surface area contributed by atoms with Gasteiger partial charge in [0.15, 0.2) is 0 Å². The molecule has 0 spiro atoms. The molecule has 0 saturated heterocycles. The van der Waals surface area contributed by atoms with Crippen molar-refractivity contribution in [2.24, 2.45) is 0 Å². The van der Waals surface area contributed by atoms with Gasteiger partial charge in [-0.25, -0.2) is 0 Å². The van der Waals surface area contributed by atoms with E-state index in [0.29, 0.717) is 0 Å². The number of aryl methyl sites for hydroxylation is 1. The molecule has 120 valence electrons. The Labute approximate surface area is 141 Å². The molecular formula is C21H20N2O. The molecule has 2 aliphatic rings. The van der Waals surface area contributed by atoms with Crippen LogP contribution in [-0.2, 0) is 6.54 Å². The van der Waals surface area contributed by atoms with E-state index in [0.717, 1.165) is 24.2 Å². The van der Waals surface area contributed by atoms with Gasteiger partial charge in [-0.15, -0.1) is 0 Å². The number of rotatable bonds is 1. The van der Waals surface area contributed by atoms with Gasteiger partial charge in [0.1, 0.15) is 0 Å². The highest BCUT2D eigenvalue weighted by molar-refractivity contribution is 6.02. The molecule has 2 aliphatic heterocycles. The summed E-state index contributed by atoms with van der Waals surface area (Å²) in [6.45, 7) is 3.98. The third-order valence-electron chi connectivity index (χ3n) is 5.60. The molecule has 0 saturated carbocycles. The van der Waals surface area contributed by atoms with Crippen molar-refractivity contribution in [3.63, 3.8) is 0 Å². The number of carbonyl (C=O) groups excluding carboxylic acids is 1. The lowest BCUT2D eigenvalue weighted by atomic mass is 9.82. The second kappa shape index (κ2) is 4.81. The van der Waals surface area contributed by atoms with Gasteiger partial charge in [-0.1, -0.05) is 42.0 Å². The average Bonchev–Trinajstić information content (AvgIpc) is 3.04. The lowest BCUT2D eigenvalue weighted by Crippen LogP contribution is -2.31. The average molecular weight is 316 g/mol. The number of carbonyl (C=O) groups is 1. The number of hydrogen-bond acceptors (Lipinski definition) is 2. The normalized spacial score (nSPS) is 23.0. The Bertz CT molecular complexity index is 970. The molecule has 0 amide bonds. The highest BCUT2D eigenvalue weighted by atomic mass is 16.2. The fourth-order valence-corrected chi connectivity index (χ4v) is 4.65. The van der Waals surface area contributed by atoms with Gasteiger partial charge < -0.3 is 4.90 Å². The summed E-state index contributed by atoms with van der Waals surface area (Å²) in [6.07, 6.45) is 0. The molecule has 2 atom stereocenters. The highest BCUT2D eigenvalue weighted by Gasteiger charge is 2.46. The van der Waals surface area contributed by atoms with E-state index in [9.17, 15) is 4.79 Å². The first-order valence-electron chi connectivity index (χ1n) is 8.56. The molecule has 0 aliphatic carbocycles. The Kier molecular flexibility index (Phi) is 2.80. The number of hydrogen-bond donors (Lipinski definition) is 0. The molecule has 0 fully saturated rings. The predicted molar refractivity (Wildman–Crippen MR) is 95.6 cm³/mol. The maximum atomic E-state index is 13.4. The van der Waals surface area contributed by atoms with Crippen LogP contribution in [0.5, 0.6) is 0 Å². The maximum absolute atomic E-state index is 13.4. The summed E-state index contributed by atoms with van der Waals surface area (Å²) in [5.41, 5.74) is 6.07. The minimum Gasteiger partial charge on any atom is -0.301 e. The van der Waals surface area contributed by atoms with Crippen LogP contribution < -0.4 is 0 Å². The first kappa shape index (κ1) is 14.0. The first-order chi connectivity index (χ1) is 11.6. The van der Waals surface area contributed by atoms with E-state index in [4.69, 9.17) is 0 Å². The van der Waals surface area contributed by atoms with Crippen molar-refractivity contribution in [1.82, 2.24) is 9.47 Å². The molecule has 24 heavy (non-hydrogen) atoms. The van der Waals surface area contributed by atoms with Crippen molar-refractivity contribution in [2.45, 2.75) is 25.3 Å². The Hall–Kier alpha value is -2.39. The van der Waals surface area contributed by atoms with E-state index in [1.54, 1.807) is 0 Å². The van der Waals surface area contributed by atoms with E-state index < -0.39 is 0 Å². The number of fused-ring (bicyclic) bond motifs is 3. The van der Waals surface area contributed by atoms with Crippen LogP contribution in [0.4, 0.5) is 0 Å². The van der Waals surface area contributed by atoms with E-state index in [2.05, 4.69) is 49.2 Å². The smallest absolute Gasteiger partial charge is 0.239 e. The van der Waals surface area contributed by atoms with Crippen LogP contribution in [0.3, 0.4) is 0 Å². The third kappa shape index (κ3) is 1.73. The van der Waals surface area contributed by atoms with Crippen molar-refractivity contribution < 1.29 is 4.79 Å². The summed E-state index contributed by atoms with van der Waals surface area (Å²) in [4.78, 5) is 15.7. The van der Waals surface area contributed by atoms with Crippen molar-refractivity contribution in [3.8, 4) is 0 Å². The molecule has 0 radical (unpaired) electrons. The summed E-state index contributed by atoms with van der Waals surface area (Å²) in [6, 6.07) is 16.7. The van der Waals surface area contributed by atoms with Gasteiger partial charge in [-0.05, 0) is 37.2 Å². The lowest BCUT2D eigenvalue weighted by molar-refractivity contribution is 0.0896. The Morgan fingerprint density at radius 1 is 1.08 bits per heavy atom. The zero-order chi connectivity index (χ0) is 16.4. The zero-order valence-corrected chi connectivity index (χ0v) is 14.0. The Morgan fingerprint density at radius 3 is 2.67 bits per heavy atom. The van der Waals surface area contributed by atoms with Gasteiger partial charge in [-0.2, -0.15) is 0 Å². The van der Waals surface area contributed by atoms with E-state index in [1.165, 1.54) is 22.2 Å². The number of nitrogens with zero attached hydrogens (tertiary/aromatic N) is 2. The molecule has 0 bridgehead atoms. The van der Waals surface area contributed by atoms with Crippen molar-refractivity contribution in [2.75, 3.05) is 13.6 Å². The molecule has 1 aromatic heterocycles. The van der Waals surface area contributed by atoms with Crippen molar-refractivity contribution in [1.29, 1.82) is 0 Å². The summed E-state index contributed by atoms with van der Waals surface area (Å²) >= 11 is 0. The maximum Gasteiger partial charge on any atom is 0.239 e.